The molecule has 1 amide bonds. The number of fused-ring (bicyclic) bond motifs is 1. The molecule has 4 nitrogen and oxygen atoms in total. The van der Waals surface area contributed by atoms with E-state index in [1.807, 2.05) is 19.1 Å². The van der Waals surface area contributed by atoms with Gasteiger partial charge in [0.2, 0.25) is 0 Å². The number of carbonyl (C=O) groups excluding carboxylic acids is 1. The molecule has 0 saturated heterocycles. The van der Waals surface area contributed by atoms with Gasteiger partial charge < -0.3 is 10.4 Å². The second kappa shape index (κ2) is 6.28. The van der Waals surface area contributed by atoms with Gasteiger partial charge in [-0.05, 0) is 43.7 Å². The first kappa shape index (κ1) is 15.9. The molecule has 1 unspecified atom stereocenters. The zero-order chi connectivity index (χ0) is 17.3. The highest BCUT2D eigenvalue weighted by Gasteiger charge is 2.17. The number of phenolic OH excluding ortho intramolecular Hbond substituents is 1. The van der Waals surface area contributed by atoms with Crippen LogP contribution >= 0.6 is 0 Å². The number of aromatic nitrogens is 1. The number of aryl methyl sites for hydroxylation is 1. The van der Waals surface area contributed by atoms with Crippen LogP contribution in [0.2, 0.25) is 0 Å². The first-order chi connectivity index (χ1) is 11.5. The number of phenols is 1. The Morgan fingerprint density at radius 1 is 1.12 bits per heavy atom. The second-order valence-electron chi connectivity index (χ2n) is 5.73. The summed E-state index contributed by atoms with van der Waals surface area (Å²) >= 11 is 0. The van der Waals surface area contributed by atoms with Gasteiger partial charge in [0, 0.05) is 11.1 Å². The predicted octanol–water partition coefficient (Wildman–Crippen LogP) is 3.88. The fourth-order valence-corrected chi connectivity index (χ4v) is 2.56. The molecule has 2 aromatic carbocycles. The molecule has 0 radical (unpaired) electrons. The molecule has 2 N–H and O–H groups in total. The average Bonchev–Trinajstić information content (AvgIpc) is 2.56. The first-order valence-corrected chi connectivity index (χ1v) is 7.61. The number of aromatic hydroxyl groups is 1. The van der Waals surface area contributed by atoms with Gasteiger partial charge in [-0.3, -0.25) is 4.79 Å². The highest BCUT2D eigenvalue weighted by atomic mass is 19.1. The Balaban J connectivity index is 1.88. The van der Waals surface area contributed by atoms with Gasteiger partial charge in [0.1, 0.15) is 11.3 Å². The Kier molecular flexibility index (Phi) is 4.16. The number of carbonyl (C=O) groups is 1. The minimum absolute atomic E-state index is 0.139. The smallest absolute Gasteiger partial charge is 0.255 e. The molecule has 0 aliphatic heterocycles. The van der Waals surface area contributed by atoms with E-state index in [1.165, 1.54) is 12.1 Å². The van der Waals surface area contributed by atoms with E-state index in [1.54, 1.807) is 31.2 Å². The highest BCUT2D eigenvalue weighted by molar-refractivity contribution is 6.02. The SMILES string of the molecule is Cc1ccc2ccc(C(=O)NC(C)c3ccc(F)cc3)c(O)c2n1. The van der Waals surface area contributed by atoms with Crippen molar-refractivity contribution in [2.24, 2.45) is 0 Å². The molecule has 0 spiro atoms. The van der Waals surface area contributed by atoms with Gasteiger partial charge in [-0.2, -0.15) is 0 Å². The van der Waals surface area contributed by atoms with Crippen molar-refractivity contribution in [1.82, 2.24) is 10.3 Å². The molecular weight excluding hydrogens is 307 g/mol. The molecule has 3 aromatic rings. The summed E-state index contributed by atoms with van der Waals surface area (Å²) in [6.07, 6.45) is 0. The Bertz CT molecular complexity index is 907. The molecule has 24 heavy (non-hydrogen) atoms. The van der Waals surface area contributed by atoms with Crippen LogP contribution in [0.1, 0.15) is 34.6 Å². The summed E-state index contributed by atoms with van der Waals surface area (Å²) in [6, 6.07) is 12.6. The van der Waals surface area contributed by atoms with E-state index in [4.69, 9.17) is 0 Å². The van der Waals surface area contributed by atoms with E-state index < -0.39 is 5.91 Å². The van der Waals surface area contributed by atoms with Gasteiger partial charge in [-0.1, -0.05) is 24.3 Å². The summed E-state index contributed by atoms with van der Waals surface area (Å²) in [5, 5.41) is 14.0. The Morgan fingerprint density at radius 2 is 1.79 bits per heavy atom. The van der Waals surface area contributed by atoms with Crippen LogP contribution < -0.4 is 5.32 Å². The van der Waals surface area contributed by atoms with Crippen LogP contribution in [-0.4, -0.2) is 16.0 Å². The molecule has 3 rings (SSSR count). The molecular formula is C19H17FN2O2. The molecule has 0 aliphatic carbocycles. The monoisotopic (exact) mass is 324 g/mol. The third kappa shape index (κ3) is 3.06. The molecule has 0 saturated carbocycles. The van der Waals surface area contributed by atoms with Crippen LogP contribution in [0.25, 0.3) is 10.9 Å². The number of nitrogens with one attached hydrogen (secondary N) is 1. The van der Waals surface area contributed by atoms with Gasteiger partial charge >= 0.3 is 0 Å². The number of benzene rings is 2. The molecule has 1 atom stereocenters. The largest absolute Gasteiger partial charge is 0.505 e. The summed E-state index contributed by atoms with van der Waals surface area (Å²) in [4.78, 5) is 16.8. The van der Waals surface area contributed by atoms with Crippen LogP contribution in [0.4, 0.5) is 4.39 Å². The van der Waals surface area contributed by atoms with E-state index in [9.17, 15) is 14.3 Å². The molecule has 122 valence electrons. The lowest BCUT2D eigenvalue weighted by molar-refractivity contribution is 0.0937. The van der Waals surface area contributed by atoms with E-state index >= 15 is 0 Å². The summed E-state index contributed by atoms with van der Waals surface area (Å²) in [6.45, 7) is 3.62. The van der Waals surface area contributed by atoms with Crippen molar-refractivity contribution in [3.63, 3.8) is 0 Å². The van der Waals surface area contributed by atoms with Crippen molar-refractivity contribution in [2.75, 3.05) is 0 Å². The molecule has 0 aliphatic rings. The first-order valence-electron chi connectivity index (χ1n) is 7.61. The van der Waals surface area contributed by atoms with Crippen LogP contribution in [0.5, 0.6) is 5.75 Å². The average molecular weight is 324 g/mol. The van der Waals surface area contributed by atoms with Crippen molar-refractivity contribution in [1.29, 1.82) is 0 Å². The standard InChI is InChI=1S/C19H17FN2O2/c1-11-3-4-14-7-10-16(18(23)17(14)21-11)19(24)22-12(2)13-5-8-15(20)9-6-13/h3-10,12,23H,1-2H3,(H,22,24). The Labute approximate surface area is 139 Å². The summed E-state index contributed by atoms with van der Waals surface area (Å²) < 4.78 is 13.0. The number of hydrogen-bond acceptors (Lipinski definition) is 3. The van der Waals surface area contributed by atoms with Crippen molar-refractivity contribution in [3.05, 3.63) is 71.2 Å². The number of nitrogens with zero attached hydrogens (tertiary/aromatic N) is 1. The van der Waals surface area contributed by atoms with Crippen molar-refractivity contribution in [3.8, 4) is 5.75 Å². The normalized spacial score (nSPS) is 12.1. The van der Waals surface area contributed by atoms with E-state index in [2.05, 4.69) is 10.3 Å². The summed E-state index contributed by atoms with van der Waals surface area (Å²) in [7, 11) is 0. The van der Waals surface area contributed by atoms with Gasteiger partial charge in [0.05, 0.1) is 11.6 Å². The lowest BCUT2D eigenvalue weighted by Gasteiger charge is -2.15. The minimum Gasteiger partial charge on any atom is -0.505 e. The van der Waals surface area contributed by atoms with Gasteiger partial charge in [-0.25, -0.2) is 9.37 Å². The van der Waals surface area contributed by atoms with Gasteiger partial charge in [0.25, 0.3) is 5.91 Å². The Morgan fingerprint density at radius 3 is 2.50 bits per heavy atom. The fraction of sp³-hybridized carbons (Fsp3) is 0.158. The second-order valence-corrected chi connectivity index (χ2v) is 5.73. The lowest BCUT2D eigenvalue weighted by atomic mass is 10.1. The summed E-state index contributed by atoms with van der Waals surface area (Å²) in [5.41, 5.74) is 2.10. The highest BCUT2D eigenvalue weighted by Crippen LogP contribution is 2.28. The molecule has 1 aromatic heterocycles. The van der Waals surface area contributed by atoms with Crippen molar-refractivity contribution < 1.29 is 14.3 Å². The Hall–Kier alpha value is -2.95. The quantitative estimate of drug-likeness (QED) is 0.768. The van der Waals surface area contributed by atoms with Crippen LogP contribution in [0.15, 0.2) is 48.5 Å². The zero-order valence-electron chi connectivity index (χ0n) is 13.4. The maximum atomic E-state index is 13.0. The maximum Gasteiger partial charge on any atom is 0.255 e. The number of pyridine rings is 1. The maximum absolute atomic E-state index is 13.0. The molecule has 0 fully saturated rings. The fourth-order valence-electron chi connectivity index (χ4n) is 2.56. The van der Waals surface area contributed by atoms with Crippen LogP contribution in [-0.2, 0) is 0 Å². The minimum atomic E-state index is -0.408. The predicted molar refractivity (Wildman–Crippen MR) is 90.4 cm³/mol. The molecule has 0 bridgehead atoms. The van der Waals surface area contributed by atoms with E-state index in [0.29, 0.717) is 5.52 Å². The van der Waals surface area contributed by atoms with E-state index in [0.717, 1.165) is 16.6 Å². The summed E-state index contributed by atoms with van der Waals surface area (Å²) in [5.74, 6) is -0.875. The number of amides is 1. The van der Waals surface area contributed by atoms with Gasteiger partial charge in [-0.15, -0.1) is 0 Å². The topological polar surface area (TPSA) is 62.2 Å². The molecule has 1 heterocycles. The van der Waals surface area contributed by atoms with Crippen LogP contribution in [0, 0.1) is 12.7 Å². The number of halogens is 1. The zero-order valence-corrected chi connectivity index (χ0v) is 13.4. The number of hydrogen-bond donors (Lipinski definition) is 2. The third-order valence-electron chi connectivity index (χ3n) is 3.94. The number of rotatable bonds is 3. The molecule has 5 heteroatoms. The van der Waals surface area contributed by atoms with Crippen molar-refractivity contribution >= 4 is 16.8 Å². The van der Waals surface area contributed by atoms with Crippen LogP contribution in [0.3, 0.4) is 0 Å². The van der Waals surface area contributed by atoms with Crippen molar-refractivity contribution in [2.45, 2.75) is 19.9 Å². The van der Waals surface area contributed by atoms with Gasteiger partial charge in [0.15, 0.2) is 5.75 Å². The van der Waals surface area contributed by atoms with E-state index in [-0.39, 0.29) is 23.2 Å². The lowest BCUT2D eigenvalue weighted by Crippen LogP contribution is -2.26. The third-order valence-corrected chi connectivity index (χ3v) is 3.94.